The van der Waals surface area contributed by atoms with Gasteiger partial charge in [0.25, 0.3) is 5.91 Å². The van der Waals surface area contributed by atoms with Gasteiger partial charge >= 0.3 is 0 Å². The number of fused-ring (bicyclic) bond motifs is 1. The normalized spacial score (nSPS) is 10.6. The molecule has 5 nitrogen and oxygen atoms in total. The first-order valence-electron chi connectivity index (χ1n) is 6.91. The Balaban J connectivity index is 1.95. The fourth-order valence-corrected chi connectivity index (χ4v) is 2.85. The van der Waals surface area contributed by atoms with Crippen molar-refractivity contribution in [3.05, 3.63) is 47.0 Å². The molecule has 0 unspecified atom stereocenters. The Labute approximate surface area is 132 Å². The van der Waals surface area contributed by atoms with E-state index in [-0.39, 0.29) is 5.91 Å². The first-order valence-corrected chi connectivity index (χ1v) is 7.73. The van der Waals surface area contributed by atoms with Crippen LogP contribution in [0.4, 0.5) is 5.13 Å². The Morgan fingerprint density at radius 2 is 1.95 bits per heavy atom. The minimum absolute atomic E-state index is 0.249. The number of hydrogen-bond donors (Lipinski definition) is 1. The Kier molecular flexibility index (Phi) is 4.02. The van der Waals surface area contributed by atoms with E-state index in [0.29, 0.717) is 16.4 Å². The van der Waals surface area contributed by atoms with Crippen LogP contribution in [-0.2, 0) is 6.42 Å². The van der Waals surface area contributed by atoms with Crippen LogP contribution in [0, 0.1) is 0 Å². The fraction of sp³-hybridized carbons (Fsp3) is 0.188. The number of carbonyl (C=O) groups excluding carboxylic acids is 1. The summed E-state index contributed by atoms with van der Waals surface area (Å²) in [7, 11) is 1.56. The highest BCUT2D eigenvalue weighted by Gasteiger charge is 2.15. The topological polar surface area (TPSA) is 64.1 Å². The monoisotopic (exact) mass is 313 g/mol. The first kappa shape index (κ1) is 14.5. The highest BCUT2D eigenvalue weighted by molar-refractivity contribution is 7.15. The number of hydrogen-bond acceptors (Lipinski definition) is 5. The number of methoxy groups -OCH3 is 1. The number of nitrogens with zero attached hydrogens (tertiary/aromatic N) is 2. The first-order chi connectivity index (χ1) is 10.7. The number of nitrogens with one attached hydrogen (secondary N) is 1. The maximum absolute atomic E-state index is 12.5. The second-order valence-electron chi connectivity index (χ2n) is 4.71. The van der Waals surface area contributed by atoms with Gasteiger partial charge in [-0.15, -0.1) is 10.2 Å². The number of aryl methyl sites for hydroxylation is 1. The lowest BCUT2D eigenvalue weighted by atomic mass is 10.1. The molecule has 0 aliphatic rings. The number of benzene rings is 2. The molecule has 6 heteroatoms. The summed E-state index contributed by atoms with van der Waals surface area (Å²) < 4.78 is 5.35. The van der Waals surface area contributed by atoms with E-state index in [1.54, 1.807) is 7.11 Å². The minimum Gasteiger partial charge on any atom is -0.496 e. The van der Waals surface area contributed by atoms with Gasteiger partial charge in [0, 0.05) is 0 Å². The summed E-state index contributed by atoms with van der Waals surface area (Å²) in [5, 5.41) is 14.1. The molecule has 0 spiro atoms. The molecule has 0 saturated carbocycles. The lowest BCUT2D eigenvalue weighted by Gasteiger charge is -2.09. The van der Waals surface area contributed by atoms with E-state index < -0.39 is 0 Å². The van der Waals surface area contributed by atoms with Crippen LogP contribution in [0.25, 0.3) is 10.8 Å². The number of aromatic nitrogens is 2. The summed E-state index contributed by atoms with van der Waals surface area (Å²) in [5.41, 5.74) is 0.481. The molecule has 1 N–H and O–H groups in total. The van der Waals surface area contributed by atoms with E-state index in [1.807, 2.05) is 43.3 Å². The predicted octanol–water partition coefficient (Wildman–Crippen LogP) is 3.51. The average Bonchev–Trinajstić information content (AvgIpc) is 3.01. The lowest BCUT2D eigenvalue weighted by Crippen LogP contribution is -2.13. The maximum atomic E-state index is 12.5. The minimum atomic E-state index is -0.249. The van der Waals surface area contributed by atoms with Crippen LogP contribution in [0.3, 0.4) is 0 Å². The van der Waals surface area contributed by atoms with Crippen molar-refractivity contribution in [2.24, 2.45) is 0 Å². The van der Waals surface area contributed by atoms with Crippen LogP contribution in [0.1, 0.15) is 22.3 Å². The zero-order valence-corrected chi connectivity index (χ0v) is 13.1. The van der Waals surface area contributed by atoms with Gasteiger partial charge in [-0.25, -0.2) is 0 Å². The zero-order valence-electron chi connectivity index (χ0n) is 12.3. The van der Waals surface area contributed by atoms with Crippen molar-refractivity contribution < 1.29 is 9.53 Å². The van der Waals surface area contributed by atoms with Gasteiger partial charge in [0.05, 0.1) is 12.7 Å². The van der Waals surface area contributed by atoms with Crippen molar-refractivity contribution in [1.82, 2.24) is 10.2 Å². The Bertz CT molecular complexity index is 829. The van der Waals surface area contributed by atoms with E-state index in [1.165, 1.54) is 11.3 Å². The summed E-state index contributed by atoms with van der Waals surface area (Å²) >= 11 is 1.38. The quantitative estimate of drug-likeness (QED) is 0.800. The van der Waals surface area contributed by atoms with Crippen molar-refractivity contribution in [3.8, 4) is 5.75 Å². The van der Waals surface area contributed by atoms with Gasteiger partial charge in [-0.1, -0.05) is 42.5 Å². The van der Waals surface area contributed by atoms with Crippen LogP contribution in [0.5, 0.6) is 5.75 Å². The zero-order chi connectivity index (χ0) is 15.5. The number of amides is 1. The second kappa shape index (κ2) is 6.11. The van der Waals surface area contributed by atoms with Crippen LogP contribution in [-0.4, -0.2) is 23.2 Å². The molecular weight excluding hydrogens is 298 g/mol. The Morgan fingerprint density at radius 3 is 2.59 bits per heavy atom. The van der Waals surface area contributed by atoms with E-state index in [0.717, 1.165) is 22.2 Å². The SMILES string of the molecule is CCc1nnc(NC(=O)c2cc3ccccc3cc2OC)s1. The Hall–Kier alpha value is -2.47. The summed E-state index contributed by atoms with van der Waals surface area (Å²) in [4.78, 5) is 12.5. The Morgan fingerprint density at radius 1 is 1.23 bits per heavy atom. The molecule has 0 aliphatic carbocycles. The maximum Gasteiger partial charge on any atom is 0.261 e. The van der Waals surface area contributed by atoms with Gasteiger partial charge in [0.1, 0.15) is 10.8 Å². The molecule has 1 aromatic heterocycles. The van der Waals surface area contributed by atoms with E-state index >= 15 is 0 Å². The summed E-state index contributed by atoms with van der Waals surface area (Å²) in [6.07, 6.45) is 0.798. The molecule has 0 bridgehead atoms. The number of carbonyl (C=O) groups is 1. The molecule has 0 fully saturated rings. The highest BCUT2D eigenvalue weighted by atomic mass is 32.1. The lowest BCUT2D eigenvalue weighted by molar-refractivity contribution is 0.102. The number of ether oxygens (including phenoxy) is 1. The molecule has 0 saturated heterocycles. The molecule has 1 amide bonds. The molecule has 1 heterocycles. The van der Waals surface area contributed by atoms with E-state index in [2.05, 4.69) is 15.5 Å². The molecule has 0 atom stereocenters. The van der Waals surface area contributed by atoms with Crippen molar-refractivity contribution >= 4 is 33.1 Å². The highest BCUT2D eigenvalue weighted by Crippen LogP contribution is 2.27. The van der Waals surface area contributed by atoms with Crippen LogP contribution in [0.2, 0.25) is 0 Å². The average molecular weight is 313 g/mol. The largest absolute Gasteiger partial charge is 0.496 e. The van der Waals surface area contributed by atoms with E-state index in [9.17, 15) is 4.79 Å². The molecule has 3 rings (SSSR count). The van der Waals surface area contributed by atoms with Gasteiger partial charge in [0.2, 0.25) is 5.13 Å². The fourth-order valence-electron chi connectivity index (χ4n) is 2.18. The summed E-state index contributed by atoms with van der Waals surface area (Å²) in [6.45, 7) is 2.00. The molecule has 112 valence electrons. The van der Waals surface area contributed by atoms with Crippen LogP contribution in [0.15, 0.2) is 36.4 Å². The number of anilines is 1. The third-order valence-corrected chi connectivity index (χ3v) is 4.29. The van der Waals surface area contributed by atoms with Crippen molar-refractivity contribution in [2.75, 3.05) is 12.4 Å². The van der Waals surface area contributed by atoms with Crippen molar-refractivity contribution in [1.29, 1.82) is 0 Å². The van der Waals surface area contributed by atoms with Crippen molar-refractivity contribution in [2.45, 2.75) is 13.3 Å². The van der Waals surface area contributed by atoms with E-state index in [4.69, 9.17) is 4.74 Å². The predicted molar refractivity (Wildman–Crippen MR) is 87.7 cm³/mol. The van der Waals surface area contributed by atoms with Crippen LogP contribution < -0.4 is 10.1 Å². The van der Waals surface area contributed by atoms with Gasteiger partial charge in [-0.3, -0.25) is 10.1 Å². The van der Waals surface area contributed by atoms with Crippen molar-refractivity contribution in [3.63, 3.8) is 0 Å². The third kappa shape index (κ3) is 2.78. The van der Waals surface area contributed by atoms with Gasteiger partial charge in [-0.2, -0.15) is 0 Å². The smallest absolute Gasteiger partial charge is 0.261 e. The van der Waals surface area contributed by atoms with Gasteiger partial charge in [-0.05, 0) is 29.3 Å². The summed E-state index contributed by atoms with van der Waals surface area (Å²) in [6, 6.07) is 11.5. The summed E-state index contributed by atoms with van der Waals surface area (Å²) in [5.74, 6) is 0.290. The second-order valence-corrected chi connectivity index (χ2v) is 5.77. The number of rotatable bonds is 4. The molecular formula is C16H15N3O2S. The molecule has 3 aromatic rings. The van der Waals surface area contributed by atoms with Gasteiger partial charge < -0.3 is 4.74 Å². The van der Waals surface area contributed by atoms with Crippen LogP contribution >= 0.6 is 11.3 Å². The third-order valence-electron chi connectivity index (χ3n) is 3.30. The molecule has 0 radical (unpaired) electrons. The molecule has 0 aliphatic heterocycles. The molecule has 22 heavy (non-hydrogen) atoms. The standard InChI is InChI=1S/C16H15N3O2S/c1-3-14-18-19-16(22-14)17-15(20)12-8-10-6-4-5-7-11(10)9-13(12)21-2/h4-9H,3H2,1-2H3,(H,17,19,20). The molecule has 2 aromatic carbocycles. The van der Waals surface area contributed by atoms with Gasteiger partial charge in [0.15, 0.2) is 0 Å².